The van der Waals surface area contributed by atoms with Gasteiger partial charge in [0, 0.05) is 11.6 Å². The molecule has 2 aliphatic rings. The maximum Gasteiger partial charge on any atom is 0.433 e. The van der Waals surface area contributed by atoms with Crippen LogP contribution in [0, 0.1) is 0 Å². The van der Waals surface area contributed by atoms with Crippen molar-refractivity contribution in [2.24, 2.45) is 0 Å². The van der Waals surface area contributed by atoms with Crippen LogP contribution in [0.5, 0.6) is 5.88 Å². The number of carbonyl (C=O) groups excluding carboxylic acids is 2. The maximum absolute atomic E-state index is 13.1. The molecule has 4 rings (SSSR count). The predicted molar refractivity (Wildman–Crippen MR) is 114 cm³/mol. The summed E-state index contributed by atoms with van der Waals surface area (Å²) in [4.78, 5) is 28.9. The summed E-state index contributed by atoms with van der Waals surface area (Å²) in [5.74, 6) is -2.78. The largest absolute Gasteiger partial charge is 0.468 e. The minimum absolute atomic E-state index is 0.307. The summed E-state index contributed by atoms with van der Waals surface area (Å²) in [5.41, 5.74) is 3.72. The molecule has 0 unspecified atom stereocenters. The molecule has 0 spiro atoms. The molecule has 35 heavy (non-hydrogen) atoms. The smallest absolute Gasteiger partial charge is 0.433 e. The van der Waals surface area contributed by atoms with E-state index < -0.39 is 60.0 Å². The van der Waals surface area contributed by atoms with E-state index >= 15 is 0 Å². The Morgan fingerprint density at radius 2 is 1.69 bits per heavy atom. The van der Waals surface area contributed by atoms with E-state index in [4.69, 9.17) is 18.9 Å². The Morgan fingerprint density at radius 3 is 2.37 bits per heavy atom. The number of hydrogen-bond acceptors (Lipinski definition) is 7. The van der Waals surface area contributed by atoms with Crippen molar-refractivity contribution in [1.29, 1.82) is 0 Å². The molecule has 3 heterocycles. The third kappa shape index (κ3) is 5.55. The summed E-state index contributed by atoms with van der Waals surface area (Å²) in [5, 5.41) is 0. The number of ether oxygens (including phenoxy) is 4. The number of benzene rings is 1. The SMILES string of the molecule is C[C@H]1O[C@H](C(=O)NNC(=O)c2ccccc2)[C@H](Oc2cccc(C(F)(F)F)n2)[C@H]2OC(C)(C)O[C@H]21. The number of hydrazine groups is 1. The normalized spacial score (nSPS) is 27.5. The fourth-order valence-corrected chi connectivity index (χ4v) is 3.96. The lowest BCUT2D eigenvalue weighted by Gasteiger charge is -2.40. The Morgan fingerprint density at radius 1 is 1.00 bits per heavy atom. The van der Waals surface area contributed by atoms with E-state index in [9.17, 15) is 22.8 Å². The molecule has 2 aliphatic heterocycles. The van der Waals surface area contributed by atoms with E-state index in [1.54, 1.807) is 51.1 Å². The third-order valence-electron chi connectivity index (χ3n) is 5.47. The first-order valence-corrected chi connectivity index (χ1v) is 10.8. The summed E-state index contributed by atoms with van der Waals surface area (Å²) in [6.07, 6.45) is -9.45. The number of rotatable bonds is 4. The molecular formula is C23H24F3N3O6. The number of aromatic nitrogens is 1. The van der Waals surface area contributed by atoms with E-state index in [1.165, 1.54) is 6.07 Å². The quantitative estimate of drug-likeness (QED) is 0.628. The average Bonchev–Trinajstić information content (AvgIpc) is 3.15. The van der Waals surface area contributed by atoms with Crippen LogP contribution < -0.4 is 15.6 Å². The molecule has 188 valence electrons. The van der Waals surface area contributed by atoms with E-state index in [2.05, 4.69) is 15.8 Å². The van der Waals surface area contributed by atoms with Crippen molar-refractivity contribution in [3.05, 3.63) is 59.8 Å². The van der Waals surface area contributed by atoms with Gasteiger partial charge >= 0.3 is 6.18 Å². The molecule has 2 amide bonds. The summed E-state index contributed by atoms with van der Waals surface area (Å²) in [6.45, 7) is 4.99. The number of amides is 2. The van der Waals surface area contributed by atoms with Gasteiger partial charge in [-0.15, -0.1) is 0 Å². The molecule has 0 bridgehead atoms. The van der Waals surface area contributed by atoms with Crippen LogP contribution in [0.3, 0.4) is 0 Å². The van der Waals surface area contributed by atoms with Crippen LogP contribution in [0.4, 0.5) is 13.2 Å². The third-order valence-corrected chi connectivity index (χ3v) is 5.47. The molecule has 5 atom stereocenters. The fourth-order valence-electron chi connectivity index (χ4n) is 3.96. The van der Waals surface area contributed by atoms with Crippen molar-refractivity contribution < 1.29 is 41.7 Å². The molecule has 2 N–H and O–H groups in total. The first-order chi connectivity index (χ1) is 16.4. The highest BCUT2D eigenvalue weighted by molar-refractivity contribution is 5.95. The van der Waals surface area contributed by atoms with Gasteiger partial charge in [-0.1, -0.05) is 24.3 Å². The van der Waals surface area contributed by atoms with Crippen molar-refractivity contribution in [3.63, 3.8) is 0 Å². The van der Waals surface area contributed by atoms with Crippen LogP contribution >= 0.6 is 0 Å². The number of carbonyl (C=O) groups is 2. The van der Waals surface area contributed by atoms with Gasteiger partial charge in [-0.2, -0.15) is 13.2 Å². The van der Waals surface area contributed by atoms with Gasteiger partial charge in [-0.25, -0.2) is 4.98 Å². The number of halogens is 3. The van der Waals surface area contributed by atoms with Gasteiger partial charge in [0.25, 0.3) is 11.8 Å². The van der Waals surface area contributed by atoms with Crippen molar-refractivity contribution in [2.75, 3.05) is 0 Å². The summed E-state index contributed by atoms with van der Waals surface area (Å²) >= 11 is 0. The molecular weight excluding hydrogens is 471 g/mol. The number of hydrogen-bond donors (Lipinski definition) is 2. The van der Waals surface area contributed by atoms with Crippen molar-refractivity contribution in [2.45, 2.75) is 63.3 Å². The Bertz CT molecular complexity index is 1080. The van der Waals surface area contributed by atoms with Crippen molar-refractivity contribution >= 4 is 11.8 Å². The van der Waals surface area contributed by atoms with E-state index in [-0.39, 0.29) is 5.88 Å². The first kappa shape index (κ1) is 24.9. The zero-order chi connectivity index (χ0) is 25.4. The lowest BCUT2D eigenvalue weighted by atomic mass is 9.95. The van der Waals surface area contributed by atoms with Gasteiger partial charge in [-0.05, 0) is 39.0 Å². The molecule has 2 fully saturated rings. The molecule has 0 radical (unpaired) electrons. The zero-order valence-electron chi connectivity index (χ0n) is 19.0. The Balaban J connectivity index is 1.56. The highest BCUT2D eigenvalue weighted by atomic mass is 19.4. The lowest BCUT2D eigenvalue weighted by molar-refractivity contribution is -0.184. The molecule has 12 heteroatoms. The summed E-state index contributed by atoms with van der Waals surface area (Å²) in [6, 6.07) is 11.3. The van der Waals surface area contributed by atoms with E-state index in [0.717, 1.165) is 12.1 Å². The van der Waals surface area contributed by atoms with Gasteiger partial charge in [0.05, 0.1) is 6.10 Å². The van der Waals surface area contributed by atoms with Gasteiger partial charge in [-0.3, -0.25) is 20.4 Å². The van der Waals surface area contributed by atoms with Crippen molar-refractivity contribution in [3.8, 4) is 5.88 Å². The lowest BCUT2D eigenvalue weighted by Crippen LogP contribution is -2.63. The van der Waals surface area contributed by atoms with Gasteiger partial charge in [0.15, 0.2) is 18.0 Å². The topological polar surface area (TPSA) is 108 Å². The molecule has 2 aromatic rings. The van der Waals surface area contributed by atoms with Crippen LogP contribution in [-0.2, 0) is 25.2 Å². The first-order valence-electron chi connectivity index (χ1n) is 10.8. The van der Waals surface area contributed by atoms with Crippen LogP contribution in [0.1, 0.15) is 36.8 Å². The standard InChI is InChI=1S/C23H24F3N3O6/c1-12-16-18(35-22(2,3)34-16)17(33-15-11-7-10-14(27-15)23(24,25)26)19(32-12)21(31)29-28-20(30)13-8-5-4-6-9-13/h4-12,16-19H,1-3H3,(H,28,30)(H,29,31)/t12-,16+,17-,18+,19+/m1/s1. The van der Waals surface area contributed by atoms with Crippen LogP contribution in [0.25, 0.3) is 0 Å². The summed E-state index contributed by atoms with van der Waals surface area (Å²) in [7, 11) is 0. The Kier molecular flexibility index (Phi) is 6.71. The second-order valence-corrected chi connectivity index (χ2v) is 8.58. The monoisotopic (exact) mass is 495 g/mol. The second kappa shape index (κ2) is 9.44. The molecule has 0 aliphatic carbocycles. The maximum atomic E-state index is 13.1. The van der Waals surface area contributed by atoms with Crippen LogP contribution in [-0.4, -0.2) is 53.1 Å². The predicted octanol–water partition coefficient (Wildman–Crippen LogP) is 2.62. The zero-order valence-corrected chi connectivity index (χ0v) is 19.0. The number of nitrogens with zero attached hydrogens (tertiary/aromatic N) is 1. The summed E-state index contributed by atoms with van der Waals surface area (Å²) < 4.78 is 62.8. The van der Waals surface area contributed by atoms with E-state index in [0.29, 0.717) is 5.56 Å². The number of fused-ring (bicyclic) bond motifs is 1. The van der Waals surface area contributed by atoms with Crippen LogP contribution in [0.15, 0.2) is 48.5 Å². The fraction of sp³-hybridized carbons (Fsp3) is 0.435. The minimum atomic E-state index is -4.69. The van der Waals surface area contributed by atoms with Gasteiger partial charge < -0.3 is 18.9 Å². The molecule has 1 aromatic heterocycles. The highest BCUT2D eigenvalue weighted by Crippen LogP contribution is 2.39. The van der Waals surface area contributed by atoms with Gasteiger partial charge in [0.2, 0.25) is 5.88 Å². The molecule has 2 saturated heterocycles. The molecule has 9 nitrogen and oxygen atoms in total. The van der Waals surface area contributed by atoms with Crippen LogP contribution in [0.2, 0.25) is 0 Å². The molecule has 0 saturated carbocycles. The minimum Gasteiger partial charge on any atom is -0.468 e. The number of nitrogens with one attached hydrogen (secondary N) is 2. The van der Waals surface area contributed by atoms with Crippen molar-refractivity contribution in [1.82, 2.24) is 15.8 Å². The second-order valence-electron chi connectivity index (χ2n) is 8.58. The van der Waals surface area contributed by atoms with E-state index in [1.807, 2.05) is 0 Å². The Hall–Kier alpha value is -3.22. The average molecular weight is 495 g/mol. The number of pyridine rings is 1. The van der Waals surface area contributed by atoms with Gasteiger partial charge in [0.1, 0.15) is 17.9 Å². The number of alkyl halides is 3. The highest BCUT2D eigenvalue weighted by Gasteiger charge is 2.57. The molecule has 1 aromatic carbocycles. The Labute approximate surface area is 198 Å².